The average Bonchev–Trinajstić information content (AvgIpc) is 3.20. The van der Waals surface area contributed by atoms with Gasteiger partial charge in [0.25, 0.3) is 0 Å². The molecule has 1 unspecified atom stereocenters. The van der Waals surface area contributed by atoms with Crippen LogP contribution in [0, 0.1) is 5.82 Å². The molecule has 0 aliphatic heterocycles. The molecule has 2 aromatic carbocycles. The maximum atomic E-state index is 13.0. The molecule has 1 heterocycles. The third-order valence-electron chi connectivity index (χ3n) is 4.69. The maximum absolute atomic E-state index is 13.0. The average molecular weight is 339 g/mol. The smallest absolute Gasteiger partial charge is 0.388 e. The molecule has 0 bridgehead atoms. The number of benzene rings is 2. The van der Waals surface area contributed by atoms with Gasteiger partial charge in [-0.25, -0.2) is 9.18 Å². The van der Waals surface area contributed by atoms with Crippen LogP contribution < -0.4 is 5.76 Å². The van der Waals surface area contributed by atoms with Gasteiger partial charge >= 0.3 is 5.76 Å². The third-order valence-corrected chi connectivity index (χ3v) is 4.69. The molecule has 4 rings (SSSR count). The number of hydrogen-bond acceptors (Lipinski definition) is 4. The van der Waals surface area contributed by atoms with Gasteiger partial charge in [-0.1, -0.05) is 24.3 Å². The summed E-state index contributed by atoms with van der Waals surface area (Å²) in [6.45, 7) is 0.336. The van der Waals surface area contributed by atoms with Gasteiger partial charge in [-0.15, -0.1) is 5.10 Å². The number of halogens is 1. The fourth-order valence-corrected chi connectivity index (χ4v) is 3.41. The highest BCUT2D eigenvalue weighted by atomic mass is 19.1. The van der Waals surface area contributed by atoms with E-state index in [4.69, 9.17) is 4.42 Å². The summed E-state index contributed by atoms with van der Waals surface area (Å²) < 4.78 is 19.6. The van der Waals surface area contributed by atoms with Gasteiger partial charge in [-0.3, -0.25) is 4.90 Å². The third kappa shape index (κ3) is 3.00. The standard InChI is InChI=1S/C19H18FN3O2/c1-22(17-11-8-13-4-2-3-5-16(13)17)12-23-19(24)25-18(21-23)14-6-9-15(20)10-7-14/h2-7,9-10,17H,8,11-12H2,1H3. The fraction of sp³-hybridized carbons (Fsp3) is 0.263. The van der Waals surface area contributed by atoms with Crippen LogP contribution in [0.5, 0.6) is 0 Å². The molecule has 1 aliphatic carbocycles. The predicted molar refractivity (Wildman–Crippen MR) is 91.4 cm³/mol. The Balaban J connectivity index is 1.55. The number of fused-ring (bicyclic) bond motifs is 1. The Morgan fingerprint density at radius 2 is 2.00 bits per heavy atom. The van der Waals surface area contributed by atoms with E-state index in [1.54, 1.807) is 12.1 Å². The summed E-state index contributed by atoms with van der Waals surface area (Å²) in [5.41, 5.74) is 3.24. The predicted octanol–water partition coefficient (Wildman–Crippen LogP) is 3.22. The summed E-state index contributed by atoms with van der Waals surface area (Å²) in [7, 11) is 1.98. The first-order valence-corrected chi connectivity index (χ1v) is 8.24. The molecule has 0 saturated heterocycles. The summed E-state index contributed by atoms with van der Waals surface area (Å²) in [6.07, 6.45) is 2.06. The molecule has 3 aromatic rings. The second kappa shape index (κ2) is 6.29. The molecule has 128 valence electrons. The normalized spacial score (nSPS) is 16.4. The molecule has 0 saturated carbocycles. The molecular formula is C19H18FN3O2. The molecule has 1 aliphatic rings. The van der Waals surface area contributed by atoms with Crippen LogP contribution in [0.2, 0.25) is 0 Å². The van der Waals surface area contributed by atoms with Crippen LogP contribution in [0.4, 0.5) is 4.39 Å². The van der Waals surface area contributed by atoms with Crippen molar-refractivity contribution in [3.63, 3.8) is 0 Å². The second-order valence-electron chi connectivity index (χ2n) is 6.33. The first kappa shape index (κ1) is 15.8. The molecule has 0 amide bonds. The van der Waals surface area contributed by atoms with Crippen LogP contribution >= 0.6 is 0 Å². The molecule has 0 radical (unpaired) electrons. The van der Waals surface area contributed by atoms with E-state index in [0.717, 1.165) is 12.8 Å². The molecular weight excluding hydrogens is 321 g/mol. The van der Waals surface area contributed by atoms with Crippen molar-refractivity contribution in [1.29, 1.82) is 0 Å². The van der Waals surface area contributed by atoms with E-state index in [9.17, 15) is 9.18 Å². The Bertz CT molecular complexity index is 946. The van der Waals surface area contributed by atoms with Gasteiger partial charge in [0.15, 0.2) is 0 Å². The Morgan fingerprint density at radius 1 is 1.24 bits per heavy atom. The first-order valence-electron chi connectivity index (χ1n) is 8.24. The fourth-order valence-electron chi connectivity index (χ4n) is 3.41. The summed E-state index contributed by atoms with van der Waals surface area (Å²) >= 11 is 0. The van der Waals surface area contributed by atoms with E-state index in [-0.39, 0.29) is 17.7 Å². The van der Waals surface area contributed by atoms with E-state index in [0.29, 0.717) is 12.2 Å². The van der Waals surface area contributed by atoms with Crippen molar-refractivity contribution < 1.29 is 8.81 Å². The van der Waals surface area contributed by atoms with Crippen molar-refractivity contribution in [3.8, 4) is 11.5 Å². The number of aryl methyl sites for hydroxylation is 1. The highest BCUT2D eigenvalue weighted by Crippen LogP contribution is 2.34. The van der Waals surface area contributed by atoms with Crippen molar-refractivity contribution in [2.45, 2.75) is 25.6 Å². The van der Waals surface area contributed by atoms with Gasteiger partial charge in [0.1, 0.15) is 12.5 Å². The second-order valence-corrected chi connectivity index (χ2v) is 6.33. The zero-order chi connectivity index (χ0) is 17.4. The van der Waals surface area contributed by atoms with Crippen LogP contribution in [0.1, 0.15) is 23.6 Å². The van der Waals surface area contributed by atoms with Crippen molar-refractivity contribution in [2.75, 3.05) is 7.05 Å². The number of hydrogen-bond donors (Lipinski definition) is 0. The Kier molecular flexibility index (Phi) is 3.97. The largest absolute Gasteiger partial charge is 0.438 e. The molecule has 0 spiro atoms. The molecule has 25 heavy (non-hydrogen) atoms. The summed E-state index contributed by atoms with van der Waals surface area (Å²) in [4.78, 5) is 14.2. The van der Waals surface area contributed by atoms with Gasteiger partial charge in [0.2, 0.25) is 5.89 Å². The van der Waals surface area contributed by atoms with Gasteiger partial charge in [0.05, 0.1) is 0 Å². The van der Waals surface area contributed by atoms with E-state index < -0.39 is 5.76 Å². The minimum atomic E-state index is -0.516. The van der Waals surface area contributed by atoms with Crippen LogP contribution in [-0.4, -0.2) is 21.7 Å². The van der Waals surface area contributed by atoms with Crippen molar-refractivity contribution >= 4 is 0 Å². The summed E-state index contributed by atoms with van der Waals surface area (Å²) in [5, 5.41) is 4.25. The molecule has 6 heteroatoms. The first-order chi connectivity index (χ1) is 12.1. The lowest BCUT2D eigenvalue weighted by Crippen LogP contribution is -2.30. The SMILES string of the molecule is CN(Cn1nc(-c2ccc(F)cc2)oc1=O)C1CCc2ccccc21. The lowest BCUT2D eigenvalue weighted by molar-refractivity contribution is 0.177. The van der Waals surface area contributed by atoms with Gasteiger partial charge < -0.3 is 4.42 Å². The molecule has 0 fully saturated rings. The molecule has 1 atom stereocenters. The Hall–Kier alpha value is -2.73. The zero-order valence-electron chi connectivity index (χ0n) is 13.9. The molecule has 1 aromatic heterocycles. The van der Waals surface area contributed by atoms with E-state index >= 15 is 0 Å². The maximum Gasteiger partial charge on any atom is 0.438 e. The highest BCUT2D eigenvalue weighted by molar-refractivity contribution is 5.51. The van der Waals surface area contributed by atoms with Crippen molar-refractivity contribution in [3.05, 3.63) is 76.0 Å². The minimum absolute atomic E-state index is 0.199. The lowest BCUT2D eigenvalue weighted by atomic mass is 10.1. The number of aromatic nitrogens is 2. The van der Waals surface area contributed by atoms with Crippen LogP contribution in [-0.2, 0) is 13.1 Å². The molecule has 5 nitrogen and oxygen atoms in total. The highest BCUT2D eigenvalue weighted by Gasteiger charge is 2.26. The summed E-state index contributed by atoms with van der Waals surface area (Å²) in [5.74, 6) is -0.659. The lowest BCUT2D eigenvalue weighted by Gasteiger charge is -2.24. The quantitative estimate of drug-likeness (QED) is 0.732. The van der Waals surface area contributed by atoms with Crippen LogP contribution in [0.15, 0.2) is 57.7 Å². The Morgan fingerprint density at radius 3 is 2.80 bits per heavy atom. The van der Waals surface area contributed by atoms with Gasteiger partial charge in [0, 0.05) is 11.6 Å². The zero-order valence-corrected chi connectivity index (χ0v) is 13.9. The van der Waals surface area contributed by atoms with Crippen LogP contribution in [0.3, 0.4) is 0 Å². The minimum Gasteiger partial charge on any atom is -0.388 e. The molecule has 0 N–H and O–H groups in total. The Labute approximate surface area is 144 Å². The number of rotatable bonds is 4. The van der Waals surface area contributed by atoms with E-state index in [2.05, 4.69) is 28.2 Å². The van der Waals surface area contributed by atoms with Crippen molar-refractivity contribution in [1.82, 2.24) is 14.7 Å². The van der Waals surface area contributed by atoms with Crippen molar-refractivity contribution in [2.24, 2.45) is 0 Å². The monoisotopic (exact) mass is 339 g/mol. The summed E-state index contributed by atoms with van der Waals surface area (Å²) in [6, 6.07) is 14.4. The van der Waals surface area contributed by atoms with E-state index in [1.807, 2.05) is 13.1 Å². The van der Waals surface area contributed by atoms with Gasteiger partial charge in [-0.2, -0.15) is 4.68 Å². The topological polar surface area (TPSA) is 51.3 Å². The van der Waals surface area contributed by atoms with Gasteiger partial charge in [-0.05, 0) is 55.3 Å². The van der Waals surface area contributed by atoms with E-state index in [1.165, 1.54) is 27.9 Å². The number of nitrogens with zero attached hydrogens (tertiary/aromatic N) is 3. The van der Waals surface area contributed by atoms with Crippen LogP contribution in [0.25, 0.3) is 11.5 Å².